The molecule has 0 aromatic rings. The number of unbranched alkanes of at least 4 members (excludes halogenated alkanes) is 7. The average Bonchev–Trinajstić information content (AvgIpc) is 2.44. The predicted octanol–water partition coefficient (Wildman–Crippen LogP) is 5.03. The van der Waals surface area contributed by atoms with E-state index in [0.29, 0.717) is 19.4 Å². The largest absolute Gasteiger partial charge is 0.466 e. The summed E-state index contributed by atoms with van der Waals surface area (Å²) in [6.45, 7) is 4.53. The van der Waals surface area contributed by atoms with Crippen molar-refractivity contribution in [2.75, 3.05) is 6.61 Å². The van der Waals surface area contributed by atoms with Crippen molar-refractivity contribution in [3.63, 3.8) is 0 Å². The van der Waals surface area contributed by atoms with Crippen molar-refractivity contribution in [2.24, 2.45) is 0 Å². The molecule has 0 radical (unpaired) electrons. The Morgan fingerprint density at radius 1 is 1.05 bits per heavy atom. The highest BCUT2D eigenvalue weighted by Crippen LogP contribution is 2.07. The van der Waals surface area contributed by atoms with Crippen LogP contribution in [0.25, 0.3) is 0 Å². The van der Waals surface area contributed by atoms with Gasteiger partial charge in [-0.05, 0) is 25.8 Å². The standard InChI is InChI=1S/C18H30O2/c1-3-5-6-7-8-9-10-11-12-13-14-15-16-17-18(19)20-4-2/h14-15H,3-11,16-17H2,1-2H3/b15-14+. The lowest BCUT2D eigenvalue weighted by Gasteiger charge is -1.97. The van der Waals surface area contributed by atoms with Crippen LogP contribution in [0.5, 0.6) is 0 Å². The molecular formula is C18H30O2. The van der Waals surface area contributed by atoms with Gasteiger partial charge in [0.15, 0.2) is 0 Å². The van der Waals surface area contributed by atoms with E-state index in [9.17, 15) is 4.79 Å². The van der Waals surface area contributed by atoms with Crippen LogP contribution in [0.15, 0.2) is 12.2 Å². The minimum Gasteiger partial charge on any atom is -0.466 e. The molecule has 2 nitrogen and oxygen atoms in total. The lowest BCUT2D eigenvalue weighted by molar-refractivity contribution is -0.142. The molecule has 0 amide bonds. The normalized spacial score (nSPS) is 10.3. The van der Waals surface area contributed by atoms with Crippen LogP contribution < -0.4 is 0 Å². The Morgan fingerprint density at radius 3 is 2.45 bits per heavy atom. The number of carbonyl (C=O) groups is 1. The maximum atomic E-state index is 11.1. The maximum Gasteiger partial charge on any atom is 0.306 e. The van der Waals surface area contributed by atoms with Gasteiger partial charge in [-0.1, -0.05) is 63.4 Å². The van der Waals surface area contributed by atoms with Gasteiger partial charge < -0.3 is 4.74 Å². The van der Waals surface area contributed by atoms with Gasteiger partial charge in [0.1, 0.15) is 0 Å². The van der Waals surface area contributed by atoms with Crippen LogP contribution in [0.2, 0.25) is 0 Å². The maximum absolute atomic E-state index is 11.1. The van der Waals surface area contributed by atoms with Crippen molar-refractivity contribution in [3.8, 4) is 11.8 Å². The van der Waals surface area contributed by atoms with Gasteiger partial charge >= 0.3 is 5.97 Å². The first-order valence-corrected chi connectivity index (χ1v) is 8.10. The Morgan fingerprint density at radius 2 is 1.75 bits per heavy atom. The second-order valence-electron chi connectivity index (χ2n) is 4.94. The number of allylic oxidation sites excluding steroid dienone is 2. The van der Waals surface area contributed by atoms with Gasteiger partial charge in [-0.25, -0.2) is 0 Å². The summed E-state index contributed by atoms with van der Waals surface area (Å²) in [5.41, 5.74) is 0. The molecule has 0 bridgehead atoms. The summed E-state index contributed by atoms with van der Waals surface area (Å²) in [6.07, 6.45) is 15.2. The molecule has 0 heterocycles. The van der Waals surface area contributed by atoms with E-state index in [-0.39, 0.29) is 5.97 Å². The molecule has 114 valence electrons. The van der Waals surface area contributed by atoms with Crippen molar-refractivity contribution in [3.05, 3.63) is 12.2 Å². The fourth-order valence-electron chi connectivity index (χ4n) is 1.88. The topological polar surface area (TPSA) is 26.3 Å². The van der Waals surface area contributed by atoms with Crippen LogP contribution in [0.3, 0.4) is 0 Å². The number of hydrogen-bond acceptors (Lipinski definition) is 2. The fraction of sp³-hybridized carbons (Fsp3) is 0.722. The van der Waals surface area contributed by atoms with E-state index in [0.717, 1.165) is 6.42 Å². The molecule has 0 rings (SSSR count). The first-order chi connectivity index (χ1) is 9.81. The Balaban J connectivity index is 3.33. The zero-order valence-corrected chi connectivity index (χ0v) is 13.2. The molecule has 0 aliphatic rings. The minimum absolute atomic E-state index is 0.131. The molecule has 0 saturated heterocycles. The molecule has 20 heavy (non-hydrogen) atoms. The van der Waals surface area contributed by atoms with Gasteiger partial charge in [-0.15, -0.1) is 0 Å². The first kappa shape index (κ1) is 18.8. The third kappa shape index (κ3) is 14.8. The summed E-state index contributed by atoms with van der Waals surface area (Å²) in [5.74, 6) is 6.04. The van der Waals surface area contributed by atoms with Crippen molar-refractivity contribution >= 4 is 5.97 Å². The van der Waals surface area contributed by atoms with Gasteiger partial charge in [0.2, 0.25) is 0 Å². The minimum atomic E-state index is -0.131. The Hall–Kier alpha value is -1.23. The molecular weight excluding hydrogens is 248 g/mol. The number of rotatable bonds is 11. The first-order valence-electron chi connectivity index (χ1n) is 8.10. The van der Waals surface area contributed by atoms with E-state index >= 15 is 0 Å². The lowest BCUT2D eigenvalue weighted by atomic mass is 10.1. The Labute approximate surface area is 125 Å². The third-order valence-electron chi connectivity index (χ3n) is 3.03. The van der Waals surface area contributed by atoms with Gasteiger partial charge in [-0.2, -0.15) is 0 Å². The summed E-state index contributed by atoms with van der Waals surface area (Å²) < 4.78 is 4.84. The molecule has 0 N–H and O–H groups in total. The predicted molar refractivity (Wildman–Crippen MR) is 85.4 cm³/mol. The van der Waals surface area contributed by atoms with Crippen molar-refractivity contribution in [1.29, 1.82) is 0 Å². The van der Waals surface area contributed by atoms with Crippen LogP contribution in [-0.4, -0.2) is 12.6 Å². The summed E-state index contributed by atoms with van der Waals surface area (Å²) in [4.78, 5) is 11.1. The number of hydrogen-bond donors (Lipinski definition) is 0. The number of esters is 1. The highest BCUT2D eigenvalue weighted by Gasteiger charge is 1.97. The van der Waals surface area contributed by atoms with E-state index in [4.69, 9.17) is 4.74 Å². The quantitative estimate of drug-likeness (QED) is 0.301. The van der Waals surface area contributed by atoms with Gasteiger partial charge in [0, 0.05) is 12.8 Å². The van der Waals surface area contributed by atoms with Gasteiger partial charge in [0.05, 0.1) is 6.61 Å². The second kappa shape index (κ2) is 15.8. The van der Waals surface area contributed by atoms with Crippen molar-refractivity contribution in [2.45, 2.75) is 78.1 Å². The number of ether oxygens (including phenoxy) is 1. The molecule has 0 unspecified atom stereocenters. The molecule has 0 saturated carbocycles. The fourth-order valence-corrected chi connectivity index (χ4v) is 1.88. The molecule has 2 heteroatoms. The molecule has 0 spiro atoms. The third-order valence-corrected chi connectivity index (χ3v) is 3.03. The summed E-state index contributed by atoms with van der Waals surface area (Å²) in [7, 11) is 0. The van der Waals surface area contributed by atoms with Crippen molar-refractivity contribution in [1.82, 2.24) is 0 Å². The Bertz CT molecular complexity index is 307. The van der Waals surface area contributed by atoms with E-state index in [1.807, 2.05) is 19.1 Å². The van der Waals surface area contributed by atoms with E-state index in [2.05, 4.69) is 18.8 Å². The summed E-state index contributed by atoms with van der Waals surface area (Å²) >= 11 is 0. The number of carbonyl (C=O) groups excluding carboxylic acids is 1. The average molecular weight is 278 g/mol. The van der Waals surface area contributed by atoms with Crippen LogP contribution >= 0.6 is 0 Å². The smallest absolute Gasteiger partial charge is 0.306 e. The van der Waals surface area contributed by atoms with Gasteiger partial charge in [0.25, 0.3) is 0 Å². The Kier molecular flexibility index (Phi) is 14.9. The van der Waals surface area contributed by atoms with E-state index in [1.165, 1.54) is 44.9 Å². The monoisotopic (exact) mass is 278 g/mol. The van der Waals surface area contributed by atoms with Crippen LogP contribution in [-0.2, 0) is 9.53 Å². The molecule has 0 aliphatic heterocycles. The van der Waals surface area contributed by atoms with Crippen LogP contribution in [0.1, 0.15) is 78.1 Å². The van der Waals surface area contributed by atoms with Gasteiger partial charge in [-0.3, -0.25) is 4.79 Å². The van der Waals surface area contributed by atoms with E-state index in [1.54, 1.807) is 0 Å². The highest BCUT2D eigenvalue weighted by atomic mass is 16.5. The zero-order chi connectivity index (χ0) is 14.9. The molecule has 0 aromatic heterocycles. The van der Waals surface area contributed by atoms with Crippen LogP contribution in [0, 0.1) is 11.8 Å². The summed E-state index contributed by atoms with van der Waals surface area (Å²) in [5, 5.41) is 0. The molecule has 0 aromatic carbocycles. The van der Waals surface area contributed by atoms with Crippen LogP contribution in [0.4, 0.5) is 0 Å². The SMILES string of the molecule is CCCCCCCCCC#C/C=C/CCC(=O)OCC. The highest BCUT2D eigenvalue weighted by molar-refractivity contribution is 5.69. The molecule has 0 aliphatic carbocycles. The summed E-state index contributed by atoms with van der Waals surface area (Å²) in [6, 6.07) is 0. The zero-order valence-electron chi connectivity index (χ0n) is 13.2. The van der Waals surface area contributed by atoms with E-state index < -0.39 is 0 Å². The second-order valence-corrected chi connectivity index (χ2v) is 4.94. The lowest BCUT2D eigenvalue weighted by Crippen LogP contribution is -2.02. The molecule has 0 atom stereocenters. The molecule has 0 fully saturated rings. The van der Waals surface area contributed by atoms with Crippen molar-refractivity contribution < 1.29 is 9.53 Å².